The van der Waals surface area contributed by atoms with Gasteiger partial charge in [0.05, 0.1) is 11.7 Å². The monoisotopic (exact) mass is 394 g/mol. The molecule has 0 saturated carbocycles. The Balaban J connectivity index is 1.85. The molecule has 2 rings (SSSR count). The third-order valence-corrected chi connectivity index (χ3v) is 4.36. The maximum absolute atomic E-state index is 12.8. The van der Waals surface area contributed by atoms with Crippen LogP contribution in [0.4, 0.5) is 13.2 Å². The first-order valence-corrected chi connectivity index (χ1v) is 9.06. The van der Waals surface area contributed by atoms with E-state index in [1.54, 1.807) is 0 Å². The lowest BCUT2D eigenvalue weighted by atomic mass is 10.0. The largest absolute Gasteiger partial charge is 0.416 e. The number of rotatable bonds is 8. The summed E-state index contributed by atoms with van der Waals surface area (Å²) in [7, 11) is 0. The zero-order valence-corrected chi connectivity index (χ0v) is 15.9. The van der Waals surface area contributed by atoms with Crippen LogP contribution in [0.5, 0.6) is 0 Å². The number of nitrogens with one attached hydrogen (secondary N) is 2. The van der Waals surface area contributed by atoms with Gasteiger partial charge < -0.3 is 15.7 Å². The van der Waals surface area contributed by atoms with Crippen molar-refractivity contribution in [1.29, 1.82) is 0 Å². The summed E-state index contributed by atoms with van der Waals surface area (Å²) >= 11 is 0. The predicted molar refractivity (Wildman–Crippen MR) is 102 cm³/mol. The molecule has 4 nitrogen and oxygen atoms in total. The quantitative estimate of drug-likeness (QED) is 0.641. The van der Waals surface area contributed by atoms with Crippen molar-refractivity contribution in [1.82, 2.24) is 10.6 Å². The van der Waals surface area contributed by atoms with Crippen LogP contribution in [0.25, 0.3) is 0 Å². The van der Waals surface area contributed by atoms with E-state index in [0.29, 0.717) is 13.0 Å². The van der Waals surface area contributed by atoms with Gasteiger partial charge in [-0.3, -0.25) is 4.79 Å². The van der Waals surface area contributed by atoms with Crippen molar-refractivity contribution in [2.24, 2.45) is 0 Å². The van der Waals surface area contributed by atoms with Gasteiger partial charge in [0.15, 0.2) is 0 Å². The molecule has 2 aromatic rings. The van der Waals surface area contributed by atoms with E-state index in [-0.39, 0.29) is 24.1 Å². The highest BCUT2D eigenvalue weighted by molar-refractivity contribution is 5.72. The van der Waals surface area contributed by atoms with Gasteiger partial charge >= 0.3 is 6.18 Å². The Hall–Kier alpha value is -2.38. The van der Waals surface area contributed by atoms with Gasteiger partial charge in [-0.25, -0.2) is 0 Å². The van der Waals surface area contributed by atoms with Gasteiger partial charge in [-0.2, -0.15) is 13.2 Å². The van der Waals surface area contributed by atoms with Crippen LogP contribution in [0.1, 0.15) is 42.2 Å². The Bertz CT molecular complexity index is 776. The lowest BCUT2D eigenvalue weighted by molar-refractivity contribution is -0.137. The second-order valence-corrected chi connectivity index (χ2v) is 6.88. The van der Waals surface area contributed by atoms with E-state index >= 15 is 0 Å². The number of hydrogen-bond donors (Lipinski definition) is 3. The van der Waals surface area contributed by atoms with E-state index in [9.17, 15) is 23.1 Å². The van der Waals surface area contributed by atoms with Crippen molar-refractivity contribution >= 4 is 5.91 Å². The Labute approximate surface area is 162 Å². The molecular formula is C21H25F3N2O2. The van der Waals surface area contributed by atoms with Crippen LogP contribution in [0.2, 0.25) is 0 Å². The van der Waals surface area contributed by atoms with Crippen molar-refractivity contribution in [2.45, 2.75) is 45.1 Å². The van der Waals surface area contributed by atoms with E-state index in [0.717, 1.165) is 23.3 Å². The van der Waals surface area contributed by atoms with Crippen molar-refractivity contribution in [3.63, 3.8) is 0 Å². The molecule has 0 aliphatic carbocycles. The summed E-state index contributed by atoms with van der Waals surface area (Å²) in [5.41, 5.74) is 1.55. The molecule has 3 N–H and O–H groups in total. The molecule has 2 unspecified atom stereocenters. The molecule has 0 radical (unpaired) electrons. The van der Waals surface area contributed by atoms with Crippen LogP contribution in [0, 0.1) is 0 Å². The second-order valence-electron chi connectivity index (χ2n) is 6.88. The highest BCUT2D eigenvalue weighted by Gasteiger charge is 2.30. The molecule has 0 spiro atoms. The standard InChI is InChI=1S/C21H25F3N2O2/c1-14(10-16-6-8-17(9-7-16)12-26-15(2)27)25-13-20(28)18-4-3-5-19(11-18)21(22,23)24/h3-9,11,14,20,25,28H,10,12-13H2,1-2H3,(H,26,27). The fraction of sp³-hybridized carbons (Fsp3) is 0.381. The minimum absolute atomic E-state index is 0.0293. The summed E-state index contributed by atoms with van der Waals surface area (Å²) in [6.07, 6.45) is -4.75. The molecule has 0 bridgehead atoms. The molecule has 0 fully saturated rings. The number of carbonyl (C=O) groups excluding carboxylic acids is 1. The molecule has 7 heteroatoms. The first-order chi connectivity index (χ1) is 13.1. The molecule has 1 amide bonds. The normalized spacial score (nSPS) is 13.8. The minimum Gasteiger partial charge on any atom is -0.387 e. The zero-order valence-electron chi connectivity index (χ0n) is 15.9. The van der Waals surface area contributed by atoms with E-state index < -0.39 is 17.8 Å². The summed E-state index contributed by atoms with van der Waals surface area (Å²) in [5.74, 6) is -0.0822. The van der Waals surface area contributed by atoms with E-state index in [2.05, 4.69) is 10.6 Å². The van der Waals surface area contributed by atoms with Gasteiger partial charge in [0.2, 0.25) is 5.91 Å². The number of aliphatic hydroxyl groups is 1. The van der Waals surface area contributed by atoms with Gasteiger partial charge in [-0.15, -0.1) is 0 Å². The van der Waals surface area contributed by atoms with Crippen LogP contribution in [0.15, 0.2) is 48.5 Å². The van der Waals surface area contributed by atoms with E-state index in [1.165, 1.54) is 19.1 Å². The van der Waals surface area contributed by atoms with Gasteiger partial charge in [0.25, 0.3) is 0 Å². The third kappa shape index (κ3) is 6.98. The van der Waals surface area contributed by atoms with Crippen molar-refractivity contribution < 1.29 is 23.1 Å². The minimum atomic E-state index is -4.43. The van der Waals surface area contributed by atoms with Crippen LogP contribution in [-0.4, -0.2) is 23.6 Å². The first-order valence-electron chi connectivity index (χ1n) is 9.06. The molecule has 0 saturated heterocycles. The average molecular weight is 394 g/mol. The number of benzene rings is 2. The zero-order chi connectivity index (χ0) is 20.7. The van der Waals surface area contributed by atoms with Gasteiger partial charge in [0, 0.05) is 26.1 Å². The molecule has 2 atom stereocenters. The van der Waals surface area contributed by atoms with Crippen molar-refractivity contribution in [3.8, 4) is 0 Å². The van der Waals surface area contributed by atoms with Crippen LogP contribution in [-0.2, 0) is 23.9 Å². The maximum atomic E-state index is 12.8. The number of carbonyl (C=O) groups is 1. The molecule has 152 valence electrons. The summed E-state index contributed by atoms with van der Waals surface area (Å²) in [4.78, 5) is 10.9. The molecule has 0 heterocycles. The third-order valence-electron chi connectivity index (χ3n) is 4.36. The number of amides is 1. The maximum Gasteiger partial charge on any atom is 0.416 e. The molecule has 28 heavy (non-hydrogen) atoms. The van der Waals surface area contributed by atoms with Gasteiger partial charge in [-0.1, -0.05) is 36.4 Å². The van der Waals surface area contributed by atoms with Gasteiger partial charge in [-0.05, 0) is 42.2 Å². The van der Waals surface area contributed by atoms with E-state index in [4.69, 9.17) is 0 Å². The highest BCUT2D eigenvalue weighted by atomic mass is 19.4. The second kappa shape index (κ2) is 9.71. The Morgan fingerprint density at radius 1 is 1.11 bits per heavy atom. The van der Waals surface area contributed by atoms with Crippen molar-refractivity contribution in [2.75, 3.05) is 6.54 Å². The highest BCUT2D eigenvalue weighted by Crippen LogP contribution is 2.30. The predicted octanol–water partition coefficient (Wildman–Crippen LogP) is 3.60. The number of hydrogen-bond acceptors (Lipinski definition) is 3. The topological polar surface area (TPSA) is 61.4 Å². The summed E-state index contributed by atoms with van der Waals surface area (Å²) in [6, 6.07) is 12.6. The fourth-order valence-electron chi connectivity index (χ4n) is 2.80. The summed E-state index contributed by atoms with van der Waals surface area (Å²) in [6.45, 7) is 4.05. The molecule has 0 aliphatic rings. The fourth-order valence-corrected chi connectivity index (χ4v) is 2.80. The Morgan fingerprint density at radius 3 is 2.36 bits per heavy atom. The molecular weight excluding hydrogens is 369 g/mol. The van der Waals surface area contributed by atoms with Crippen molar-refractivity contribution in [3.05, 3.63) is 70.8 Å². The van der Waals surface area contributed by atoms with Gasteiger partial charge in [0.1, 0.15) is 0 Å². The summed E-state index contributed by atoms with van der Waals surface area (Å²) < 4.78 is 38.4. The van der Waals surface area contributed by atoms with Crippen LogP contribution < -0.4 is 10.6 Å². The smallest absolute Gasteiger partial charge is 0.387 e. The number of halogens is 3. The molecule has 2 aromatic carbocycles. The average Bonchev–Trinajstić information content (AvgIpc) is 2.65. The Morgan fingerprint density at radius 2 is 1.75 bits per heavy atom. The molecule has 0 aromatic heterocycles. The number of aliphatic hydroxyl groups excluding tert-OH is 1. The summed E-state index contributed by atoms with van der Waals surface area (Å²) in [5, 5.41) is 16.1. The van der Waals surface area contributed by atoms with E-state index in [1.807, 2.05) is 31.2 Å². The first kappa shape index (κ1) is 21.9. The van der Waals surface area contributed by atoms with Crippen LogP contribution in [0.3, 0.4) is 0 Å². The SMILES string of the molecule is CC(=O)NCc1ccc(CC(C)NCC(O)c2cccc(C(F)(F)F)c2)cc1. The lowest BCUT2D eigenvalue weighted by Gasteiger charge is -2.18. The lowest BCUT2D eigenvalue weighted by Crippen LogP contribution is -2.32. The Kier molecular flexibility index (Phi) is 7.60. The number of alkyl halides is 3. The van der Waals surface area contributed by atoms with Crippen LogP contribution >= 0.6 is 0 Å². The molecule has 0 aliphatic heterocycles.